The fourth-order valence-corrected chi connectivity index (χ4v) is 2.73. The van der Waals surface area contributed by atoms with Crippen LogP contribution in [0.2, 0.25) is 0 Å². The van der Waals surface area contributed by atoms with E-state index in [-0.39, 0.29) is 0 Å². The first-order chi connectivity index (χ1) is 9.79. The van der Waals surface area contributed by atoms with E-state index in [4.69, 9.17) is 5.11 Å². The Morgan fingerprint density at radius 2 is 1.75 bits per heavy atom. The standard InChI is InChI=1S/C18H30O2/c19-18(20)16-10-8-6-4-2-1-3-5-7-9-13-17-14-11-12-15-17/h2,4,11,14,17H,1,3,5-10,12-13,15-16H2,(H,19,20)/b4-2+/t17-/m0/s1. The van der Waals surface area contributed by atoms with Crippen molar-refractivity contribution >= 4 is 5.97 Å². The van der Waals surface area contributed by atoms with Crippen LogP contribution in [0.5, 0.6) is 0 Å². The third-order valence-electron chi connectivity index (χ3n) is 3.99. The van der Waals surface area contributed by atoms with Crippen LogP contribution in [0.3, 0.4) is 0 Å². The lowest BCUT2D eigenvalue weighted by atomic mass is 10.00. The first kappa shape index (κ1) is 17.0. The second kappa shape index (κ2) is 11.7. The molecule has 1 N–H and O–H groups in total. The molecule has 1 aliphatic carbocycles. The summed E-state index contributed by atoms with van der Waals surface area (Å²) in [5.41, 5.74) is 0. The van der Waals surface area contributed by atoms with E-state index in [1.165, 1.54) is 51.4 Å². The highest BCUT2D eigenvalue weighted by atomic mass is 16.4. The summed E-state index contributed by atoms with van der Waals surface area (Å²) in [7, 11) is 0. The van der Waals surface area contributed by atoms with Gasteiger partial charge in [0.25, 0.3) is 0 Å². The molecule has 0 aliphatic heterocycles. The van der Waals surface area contributed by atoms with Crippen molar-refractivity contribution in [2.45, 2.75) is 77.0 Å². The van der Waals surface area contributed by atoms with Crippen molar-refractivity contribution in [3.05, 3.63) is 24.3 Å². The van der Waals surface area contributed by atoms with Gasteiger partial charge in [0, 0.05) is 6.42 Å². The Balaban J connectivity index is 1.77. The van der Waals surface area contributed by atoms with Gasteiger partial charge in [0.1, 0.15) is 0 Å². The Hall–Kier alpha value is -1.05. The first-order valence-corrected chi connectivity index (χ1v) is 8.32. The van der Waals surface area contributed by atoms with Gasteiger partial charge in [0.2, 0.25) is 0 Å². The molecule has 0 aromatic heterocycles. The SMILES string of the molecule is O=C(O)CCCC/C=C/CCCCCC[C@H]1C=CCC1. The Morgan fingerprint density at radius 1 is 1.05 bits per heavy atom. The fourth-order valence-electron chi connectivity index (χ4n) is 2.73. The molecule has 0 spiro atoms. The second-order valence-corrected chi connectivity index (χ2v) is 5.87. The number of rotatable bonds is 12. The predicted octanol–water partition coefficient (Wildman–Crippen LogP) is 5.49. The molecule has 2 nitrogen and oxygen atoms in total. The average Bonchev–Trinajstić information content (AvgIpc) is 2.93. The minimum absolute atomic E-state index is 0.310. The number of hydrogen-bond acceptors (Lipinski definition) is 1. The van der Waals surface area contributed by atoms with E-state index in [0.717, 1.165) is 25.2 Å². The summed E-state index contributed by atoms with van der Waals surface area (Å²) >= 11 is 0. The van der Waals surface area contributed by atoms with Crippen molar-refractivity contribution in [2.24, 2.45) is 5.92 Å². The van der Waals surface area contributed by atoms with Gasteiger partial charge >= 0.3 is 5.97 Å². The molecular formula is C18H30O2. The van der Waals surface area contributed by atoms with Gasteiger partial charge in [-0.05, 0) is 57.3 Å². The lowest BCUT2D eigenvalue weighted by molar-refractivity contribution is -0.137. The van der Waals surface area contributed by atoms with Crippen LogP contribution in [0.15, 0.2) is 24.3 Å². The summed E-state index contributed by atoms with van der Waals surface area (Å²) in [6.45, 7) is 0. The van der Waals surface area contributed by atoms with Crippen molar-refractivity contribution < 1.29 is 9.90 Å². The lowest BCUT2D eigenvalue weighted by Crippen LogP contribution is -1.92. The summed E-state index contributed by atoms with van der Waals surface area (Å²) in [5, 5.41) is 8.50. The van der Waals surface area contributed by atoms with Crippen LogP contribution >= 0.6 is 0 Å². The molecule has 1 rings (SSSR count). The molecule has 0 aromatic rings. The van der Waals surface area contributed by atoms with Crippen molar-refractivity contribution in [3.8, 4) is 0 Å². The molecule has 0 heterocycles. The van der Waals surface area contributed by atoms with Gasteiger partial charge in [0.05, 0.1) is 0 Å². The summed E-state index contributed by atoms with van der Waals surface area (Å²) in [4.78, 5) is 10.3. The number of allylic oxidation sites excluding steroid dienone is 4. The Bertz CT molecular complexity index is 305. The third kappa shape index (κ3) is 9.82. The highest BCUT2D eigenvalue weighted by Gasteiger charge is 2.07. The van der Waals surface area contributed by atoms with Gasteiger partial charge in [-0.3, -0.25) is 4.79 Å². The van der Waals surface area contributed by atoms with E-state index in [1.54, 1.807) is 0 Å². The van der Waals surface area contributed by atoms with Crippen molar-refractivity contribution in [3.63, 3.8) is 0 Å². The normalized spacial score (nSPS) is 18.1. The van der Waals surface area contributed by atoms with Gasteiger partial charge in [0.15, 0.2) is 0 Å². The number of carboxylic acid groups (broad SMARTS) is 1. The fraction of sp³-hybridized carbons (Fsp3) is 0.722. The summed E-state index contributed by atoms with van der Waals surface area (Å²) in [6.07, 6.45) is 23.0. The van der Waals surface area contributed by atoms with Crippen molar-refractivity contribution in [1.29, 1.82) is 0 Å². The van der Waals surface area contributed by atoms with Crippen LogP contribution in [-0.2, 0) is 4.79 Å². The van der Waals surface area contributed by atoms with Crippen LogP contribution in [0.25, 0.3) is 0 Å². The van der Waals surface area contributed by atoms with Crippen LogP contribution < -0.4 is 0 Å². The third-order valence-corrected chi connectivity index (χ3v) is 3.99. The lowest BCUT2D eigenvalue weighted by Gasteiger charge is -2.06. The number of aliphatic carboxylic acids is 1. The quantitative estimate of drug-likeness (QED) is 0.378. The predicted molar refractivity (Wildman–Crippen MR) is 84.8 cm³/mol. The molecule has 0 radical (unpaired) electrons. The topological polar surface area (TPSA) is 37.3 Å². The molecule has 0 amide bonds. The van der Waals surface area contributed by atoms with Gasteiger partial charge in [-0.15, -0.1) is 0 Å². The molecular weight excluding hydrogens is 248 g/mol. The van der Waals surface area contributed by atoms with Crippen molar-refractivity contribution in [2.75, 3.05) is 0 Å². The number of hydrogen-bond donors (Lipinski definition) is 1. The highest BCUT2D eigenvalue weighted by molar-refractivity contribution is 5.66. The highest BCUT2D eigenvalue weighted by Crippen LogP contribution is 2.23. The van der Waals surface area contributed by atoms with Crippen LogP contribution in [-0.4, -0.2) is 11.1 Å². The van der Waals surface area contributed by atoms with Gasteiger partial charge < -0.3 is 5.11 Å². The van der Waals surface area contributed by atoms with Gasteiger partial charge in [-0.1, -0.05) is 43.6 Å². The molecule has 0 saturated carbocycles. The van der Waals surface area contributed by atoms with E-state index in [9.17, 15) is 4.79 Å². The number of unbranched alkanes of at least 4 members (excludes halogenated alkanes) is 6. The summed E-state index contributed by atoms with van der Waals surface area (Å²) in [6, 6.07) is 0. The molecule has 0 fully saturated rings. The Kier molecular flexibility index (Phi) is 9.99. The Morgan fingerprint density at radius 3 is 2.40 bits per heavy atom. The van der Waals surface area contributed by atoms with Crippen LogP contribution in [0.1, 0.15) is 77.0 Å². The maximum absolute atomic E-state index is 10.3. The minimum atomic E-state index is -0.679. The smallest absolute Gasteiger partial charge is 0.303 e. The van der Waals surface area contributed by atoms with Gasteiger partial charge in [-0.2, -0.15) is 0 Å². The molecule has 0 unspecified atom stereocenters. The first-order valence-electron chi connectivity index (χ1n) is 8.32. The van der Waals surface area contributed by atoms with E-state index < -0.39 is 5.97 Å². The summed E-state index contributed by atoms with van der Waals surface area (Å²) in [5.74, 6) is 0.197. The number of carbonyl (C=O) groups is 1. The van der Waals surface area contributed by atoms with Crippen LogP contribution in [0, 0.1) is 5.92 Å². The second-order valence-electron chi connectivity index (χ2n) is 5.87. The van der Waals surface area contributed by atoms with E-state index in [2.05, 4.69) is 24.3 Å². The van der Waals surface area contributed by atoms with E-state index >= 15 is 0 Å². The molecule has 114 valence electrons. The maximum Gasteiger partial charge on any atom is 0.303 e. The van der Waals surface area contributed by atoms with E-state index in [0.29, 0.717) is 6.42 Å². The molecule has 20 heavy (non-hydrogen) atoms. The summed E-state index contributed by atoms with van der Waals surface area (Å²) < 4.78 is 0. The molecule has 0 aromatic carbocycles. The molecule has 1 atom stereocenters. The molecule has 2 heteroatoms. The molecule has 0 bridgehead atoms. The zero-order valence-electron chi connectivity index (χ0n) is 12.7. The van der Waals surface area contributed by atoms with Gasteiger partial charge in [-0.25, -0.2) is 0 Å². The zero-order chi connectivity index (χ0) is 14.5. The Labute approximate surface area is 124 Å². The van der Waals surface area contributed by atoms with Crippen LogP contribution in [0.4, 0.5) is 0 Å². The molecule has 0 saturated heterocycles. The van der Waals surface area contributed by atoms with Crippen molar-refractivity contribution in [1.82, 2.24) is 0 Å². The molecule has 1 aliphatic rings. The largest absolute Gasteiger partial charge is 0.481 e. The minimum Gasteiger partial charge on any atom is -0.481 e. The zero-order valence-corrected chi connectivity index (χ0v) is 12.7. The monoisotopic (exact) mass is 278 g/mol. The average molecular weight is 278 g/mol. The van der Waals surface area contributed by atoms with E-state index in [1.807, 2.05) is 0 Å². The maximum atomic E-state index is 10.3. The number of carboxylic acids is 1.